The summed E-state index contributed by atoms with van der Waals surface area (Å²) >= 11 is 0. The molecular weight excluding hydrogens is 296 g/mol. The van der Waals surface area contributed by atoms with Crippen LogP contribution in [0.2, 0.25) is 0 Å². The Morgan fingerprint density at radius 3 is 2.52 bits per heavy atom. The van der Waals surface area contributed by atoms with Gasteiger partial charge >= 0.3 is 5.97 Å². The van der Waals surface area contributed by atoms with Crippen molar-refractivity contribution in [3.05, 3.63) is 29.8 Å². The first-order valence-corrected chi connectivity index (χ1v) is 7.73. The number of amides is 2. The molecule has 0 saturated heterocycles. The summed E-state index contributed by atoms with van der Waals surface area (Å²) in [5, 5.41) is 2.79. The lowest BCUT2D eigenvalue weighted by Gasteiger charge is -2.23. The van der Waals surface area contributed by atoms with Gasteiger partial charge in [0.1, 0.15) is 0 Å². The molecule has 0 aliphatic heterocycles. The Labute approximate surface area is 136 Å². The Hall–Kier alpha value is -2.37. The lowest BCUT2D eigenvalue weighted by molar-refractivity contribution is -0.121. The van der Waals surface area contributed by atoms with Crippen LogP contribution in [0.5, 0.6) is 0 Å². The third-order valence-electron chi connectivity index (χ3n) is 3.40. The molecule has 0 bridgehead atoms. The van der Waals surface area contributed by atoms with Gasteiger partial charge in [-0.15, -0.1) is 0 Å². The van der Waals surface area contributed by atoms with Crippen LogP contribution >= 0.6 is 0 Å². The maximum Gasteiger partial charge on any atom is 0.339 e. The van der Waals surface area contributed by atoms with Crippen molar-refractivity contribution in [1.29, 1.82) is 0 Å². The highest BCUT2D eigenvalue weighted by atomic mass is 16.5. The number of anilines is 1. The van der Waals surface area contributed by atoms with E-state index >= 15 is 0 Å². The number of hydrogen-bond donors (Lipinski definition) is 1. The van der Waals surface area contributed by atoms with Crippen molar-refractivity contribution >= 4 is 23.5 Å². The van der Waals surface area contributed by atoms with Gasteiger partial charge in [-0.05, 0) is 18.6 Å². The number of hydrogen-bond acceptors (Lipinski definition) is 4. The summed E-state index contributed by atoms with van der Waals surface area (Å²) in [4.78, 5) is 36.8. The van der Waals surface area contributed by atoms with Crippen molar-refractivity contribution in [1.82, 2.24) is 5.32 Å². The van der Waals surface area contributed by atoms with Gasteiger partial charge in [0.15, 0.2) is 0 Å². The summed E-state index contributed by atoms with van der Waals surface area (Å²) < 4.78 is 4.75. The fourth-order valence-electron chi connectivity index (χ4n) is 2.17. The zero-order valence-corrected chi connectivity index (χ0v) is 13.9. The second-order valence-electron chi connectivity index (χ2n) is 5.13. The van der Waals surface area contributed by atoms with E-state index in [0.717, 1.165) is 12.8 Å². The Morgan fingerprint density at radius 1 is 1.22 bits per heavy atom. The average molecular weight is 320 g/mol. The van der Waals surface area contributed by atoms with Gasteiger partial charge in [0.2, 0.25) is 11.8 Å². The van der Waals surface area contributed by atoms with E-state index in [9.17, 15) is 14.4 Å². The van der Waals surface area contributed by atoms with Gasteiger partial charge < -0.3 is 15.0 Å². The number of carbonyl (C=O) groups excluding carboxylic acids is 3. The Kier molecular flexibility index (Phi) is 7.80. The number of ether oxygens (including phenoxy) is 1. The monoisotopic (exact) mass is 320 g/mol. The van der Waals surface area contributed by atoms with Crippen LogP contribution in [0.4, 0.5) is 5.69 Å². The number of esters is 1. The highest BCUT2D eigenvalue weighted by molar-refractivity contribution is 6.01. The average Bonchev–Trinajstić information content (AvgIpc) is 2.55. The molecule has 1 N–H and O–H groups in total. The van der Waals surface area contributed by atoms with Crippen LogP contribution in [-0.4, -0.2) is 38.0 Å². The van der Waals surface area contributed by atoms with Crippen LogP contribution in [0.25, 0.3) is 0 Å². The van der Waals surface area contributed by atoms with Crippen LogP contribution in [0.1, 0.15) is 43.5 Å². The van der Waals surface area contributed by atoms with Crippen molar-refractivity contribution in [2.45, 2.75) is 33.1 Å². The molecule has 0 spiro atoms. The number of nitrogens with one attached hydrogen (secondary N) is 1. The van der Waals surface area contributed by atoms with Gasteiger partial charge in [-0.3, -0.25) is 9.59 Å². The minimum Gasteiger partial charge on any atom is -0.465 e. The van der Waals surface area contributed by atoms with Gasteiger partial charge in [0.25, 0.3) is 0 Å². The lowest BCUT2D eigenvalue weighted by Crippen LogP contribution is -2.38. The van der Waals surface area contributed by atoms with Crippen molar-refractivity contribution in [2.24, 2.45) is 0 Å². The topological polar surface area (TPSA) is 75.7 Å². The molecule has 0 aliphatic rings. The molecule has 6 heteroatoms. The maximum atomic E-state index is 11.9. The van der Waals surface area contributed by atoms with E-state index < -0.39 is 5.97 Å². The van der Waals surface area contributed by atoms with Crippen molar-refractivity contribution in [3.8, 4) is 0 Å². The van der Waals surface area contributed by atoms with Crippen LogP contribution < -0.4 is 10.2 Å². The van der Waals surface area contributed by atoms with Crippen LogP contribution in [0.15, 0.2) is 24.3 Å². The van der Waals surface area contributed by atoms with Gasteiger partial charge in [0, 0.05) is 26.4 Å². The molecular formula is C17H24N2O4. The first-order chi connectivity index (χ1) is 11.0. The normalized spacial score (nSPS) is 10.0. The van der Waals surface area contributed by atoms with E-state index in [2.05, 4.69) is 5.32 Å². The molecule has 0 unspecified atom stereocenters. The quantitative estimate of drug-likeness (QED) is 0.745. The van der Waals surface area contributed by atoms with Crippen molar-refractivity contribution < 1.29 is 19.1 Å². The van der Waals surface area contributed by atoms with Crippen LogP contribution in [-0.2, 0) is 14.3 Å². The molecule has 6 nitrogen and oxygen atoms in total. The van der Waals surface area contributed by atoms with E-state index in [1.54, 1.807) is 24.3 Å². The minimum atomic E-state index is -0.501. The molecule has 1 aromatic carbocycles. The second kappa shape index (κ2) is 9.61. The molecule has 0 atom stereocenters. The van der Waals surface area contributed by atoms with E-state index in [-0.39, 0.29) is 11.8 Å². The third-order valence-corrected chi connectivity index (χ3v) is 3.40. The maximum absolute atomic E-state index is 11.9. The van der Waals surface area contributed by atoms with E-state index in [1.165, 1.54) is 18.9 Å². The van der Waals surface area contributed by atoms with E-state index in [1.807, 2.05) is 6.92 Å². The fraction of sp³-hybridized carbons (Fsp3) is 0.471. The number of nitrogens with zero attached hydrogens (tertiary/aromatic N) is 1. The molecule has 0 aliphatic carbocycles. The summed E-state index contributed by atoms with van der Waals surface area (Å²) in [6.07, 6.45) is 2.28. The molecule has 0 heterocycles. The lowest BCUT2D eigenvalue weighted by atomic mass is 10.1. The summed E-state index contributed by atoms with van der Waals surface area (Å²) in [5.74, 6) is -0.736. The first-order valence-electron chi connectivity index (χ1n) is 7.73. The molecule has 0 aromatic heterocycles. The predicted octanol–water partition coefficient (Wildman–Crippen LogP) is 2.13. The van der Waals surface area contributed by atoms with Crippen molar-refractivity contribution in [2.75, 3.05) is 25.1 Å². The van der Waals surface area contributed by atoms with Gasteiger partial charge in [-0.1, -0.05) is 25.5 Å². The summed E-state index contributed by atoms with van der Waals surface area (Å²) in [6.45, 7) is 4.07. The molecule has 2 amide bonds. The van der Waals surface area contributed by atoms with Gasteiger partial charge in [-0.25, -0.2) is 4.79 Å². The number of para-hydroxylation sites is 1. The van der Waals surface area contributed by atoms with Gasteiger partial charge in [0.05, 0.1) is 18.4 Å². The SMILES string of the molecule is CCCCC(=O)NCCN(C(C)=O)c1ccccc1C(=O)OC. The number of unbranched alkanes of at least 4 members (excludes halogenated alkanes) is 1. The Morgan fingerprint density at radius 2 is 1.91 bits per heavy atom. The van der Waals surface area contributed by atoms with Crippen LogP contribution in [0.3, 0.4) is 0 Å². The number of benzene rings is 1. The molecule has 0 fully saturated rings. The standard InChI is InChI=1S/C17H24N2O4/c1-4-5-10-16(21)18-11-12-19(13(2)20)15-9-7-6-8-14(15)17(22)23-3/h6-9H,4-5,10-12H2,1-3H3,(H,18,21). The largest absolute Gasteiger partial charge is 0.465 e. The predicted molar refractivity (Wildman–Crippen MR) is 88.3 cm³/mol. The Balaban J connectivity index is 2.78. The van der Waals surface area contributed by atoms with E-state index in [0.29, 0.717) is 30.8 Å². The summed E-state index contributed by atoms with van der Waals surface area (Å²) in [7, 11) is 1.30. The van der Waals surface area contributed by atoms with E-state index in [4.69, 9.17) is 4.74 Å². The summed E-state index contributed by atoms with van der Waals surface area (Å²) in [5.41, 5.74) is 0.803. The molecule has 126 valence electrons. The molecule has 0 radical (unpaired) electrons. The fourth-order valence-corrected chi connectivity index (χ4v) is 2.17. The number of carbonyl (C=O) groups is 3. The Bertz CT molecular complexity index is 557. The summed E-state index contributed by atoms with van der Waals surface area (Å²) in [6, 6.07) is 6.75. The zero-order valence-electron chi connectivity index (χ0n) is 13.9. The highest BCUT2D eigenvalue weighted by Gasteiger charge is 2.19. The second-order valence-corrected chi connectivity index (χ2v) is 5.13. The minimum absolute atomic E-state index is 0.0309. The van der Waals surface area contributed by atoms with Crippen molar-refractivity contribution in [3.63, 3.8) is 0 Å². The van der Waals surface area contributed by atoms with Gasteiger partial charge in [-0.2, -0.15) is 0 Å². The molecule has 1 aromatic rings. The molecule has 0 saturated carbocycles. The molecule has 1 rings (SSSR count). The number of methoxy groups -OCH3 is 1. The molecule has 23 heavy (non-hydrogen) atoms. The first kappa shape index (κ1) is 18.7. The highest BCUT2D eigenvalue weighted by Crippen LogP contribution is 2.21. The van der Waals surface area contributed by atoms with Crippen LogP contribution in [0, 0.1) is 0 Å². The third kappa shape index (κ3) is 5.73. The zero-order chi connectivity index (χ0) is 17.2. The smallest absolute Gasteiger partial charge is 0.339 e. The number of rotatable bonds is 8.